The summed E-state index contributed by atoms with van der Waals surface area (Å²) >= 11 is 0. The van der Waals surface area contributed by atoms with Crippen LogP contribution < -0.4 is 5.73 Å². The normalized spacial score (nSPS) is 35.8. The molecule has 18 heavy (non-hydrogen) atoms. The van der Waals surface area contributed by atoms with E-state index in [9.17, 15) is 0 Å². The van der Waals surface area contributed by atoms with Crippen molar-refractivity contribution in [3.05, 3.63) is 0 Å². The fourth-order valence-electron chi connectivity index (χ4n) is 4.37. The highest BCUT2D eigenvalue weighted by atomic mass is 15.2. The van der Waals surface area contributed by atoms with Crippen LogP contribution in [-0.2, 0) is 0 Å². The van der Waals surface area contributed by atoms with Crippen molar-refractivity contribution in [3.8, 4) is 0 Å². The Morgan fingerprint density at radius 1 is 0.889 bits per heavy atom. The van der Waals surface area contributed by atoms with Gasteiger partial charge in [0, 0.05) is 6.04 Å². The standard InChI is InChI=1S/C16H30N2/c17-9-6-13-7-10-18(11-8-13)16-3-1-2-15(12-16)14-4-5-14/h13-16H,1-12,17H2. The summed E-state index contributed by atoms with van der Waals surface area (Å²) in [4.78, 5) is 2.82. The van der Waals surface area contributed by atoms with E-state index in [1.807, 2.05) is 0 Å². The third-order valence-corrected chi connectivity index (χ3v) is 5.72. The van der Waals surface area contributed by atoms with Gasteiger partial charge in [-0.05, 0) is 82.3 Å². The molecule has 0 amide bonds. The Hall–Kier alpha value is -0.0800. The second-order valence-electron chi connectivity index (χ2n) is 6.97. The lowest BCUT2D eigenvalue weighted by Crippen LogP contribution is -2.44. The van der Waals surface area contributed by atoms with Crippen molar-refractivity contribution in [1.29, 1.82) is 0 Å². The molecule has 3 aliphatic rings. The summed E-state index contributed by atoms with van der Waals surface area (Å²) in [6, 6.07) is 0.933. The topological polar surface area (TPSA) is 29.3 Å². The van der Waals surface area contributed by atoms with Gasteiger partial charge in [0.1, 0.15) is 0 Å². The van der Waals surface area contributed by atoms with Gasteiger partial charge in [0.25, 0.3) is 0 Å². The molecular formula is C16H30N2. The van der Waals surface area contributed by atoms with E-state index in [1.54, 1.807) is 0 Å². The highest BCUT2D eigenvalue weighted by Crippen LogP contribution is 2.45. The lowest BCUT2D eigenvalue weighted by Gasteiger charge is -2.41. The van der Waals surface area contributed by atoms with Crippen molar-refractivity contribution >= 4 is 0 Å². The molecule has 0 spiro atoms. The zero-order valence-corrected chi connectivity index (χ0v) is 11.8. The van der Waals surface area contributed by atoms with Crippen LogP contribution >= 0.6 is 0 Å². The van der Waals surface area contributed by atoms with E-state index >= 15 is 0 Å². The van der Waals surface area contributed by atoms with Crippen LogP contribution in [0.1, 0.15) is 57.8 Å². The van der Waals surface area contributed by atoms with Gasteiger partial charge in [-0.1, -0.05) is 12.8 Å². The molecule has 2 heteroatoms. The fraction of sp³-hybridized carbons (Fsp3) is 1.00. The van der Waals surface area contributed by atoms with E-state index in [1.165, 1.54) is 70.9 Å². The van der Waals surface area contributed by atoms with E-state index in [4.69, 9.17) is 5.73 Å². The first-order valence-electron chi connectivity index (χ1n) is 8.31. The fourth-order valence-corrected chi connectivity index (χ4v) is 4.37. The summed E-state index contributed by atoms with van der Waals surface area (Å²) < 4.78 is 0. The maximum atomic E-state index is 5.68. The van der Waals surface area contributed by atoms with Gasteiger partial charge in [-0.15, -0.1) is 0 Å². The summed E-state index contributed by atoms with van der Waals surface area (Å²) in [6.45, 7) is 3.59. The molecule has 3 fully saturated rings. The van der Waals surface area contributed by atoms with Crippen molar-refractivity contribution in [3.63, 3.8) is 0 Å². The average Bonchev–Trinajstić information content (AvgIpc) is 3.25. The third kappa shape index (κ3) is 3.08. The molecule has 2 aliphatic carbocycles. The lowest BCUT2D eigenvalue weighted by atomic mass is 9.81. The first-order chi connectivity index (χ1) is 8.86. The van der Waals surface area contributed by atoms with Gasteiger partial charge in [-0.3, -0.25) is 0 Å². The molecule has 2 N–H and O–H groups in total. The molecule has 1 saturated heterocycles. The summed E-state index contributed by atoms with van der Waals surface area (Å²) in [5.74, 6) is 3.14. The Bertz CT molecular complexity index is 254. The third-order valence-electron chi connectivity index (χ3n) is 5.72. The molecule has 3 rings (SSSR count). The zero-order valence-electron chi connectivity index (χ0n) is 11.8. The number of likely N-dealkylation sites (tertiary alicyclic amines) is 1. The number of rotatable bonds is 4. The molecule has 0 aromatic carbocycles. The number of hydrogen-bond donors (Lipinski definition) is 1. The minimum absolute atomic E-state index is 0.887. The van der Waals surface area contributed by atoms with Gasteiger partial charge in [0.2, 0.25) is 0 Å². The average molecular weight is 250 g/mol. The molecule has 2 saturated carbocycles. The van der Waals surface area contributed by atoms with Crippen molar-refractivity contribution < 1.29 is 0 Å². The first kappa shape index (κ1) is 12.9. The highest BCUT2D eigenvalue weighted by Gasteiger charge is 2.36. The molecule has 0 bridgehead atoms. The number of nitrogens with zero attached hydrogens (tertiary/aromatic N) is 1. The largest absolute Gasteiger partial charge is 0.330 e. The van der Waals surface area contributed by atoms with Crippen LogP contribution in [0.25, 0.3) is 0 Å². The van der Waals surface area contributed by atoms with Gasteiger partial charge < -0.3 is 10.6 Å². The van der Waals surface area contributed by atoms with Gasteiger partial charge in [-0.25, -0.2) is 0 Å². The Morgan fingerprint density at radius 3 is 2.33 bits per heavy atom. The van der Waals surface area contributed by atoms with Crippen LogP contribution in [0.2, 0.25) is 0 Å². The summed E-state index contributed by atoms with van der Waals surface area (Å²) in [7, 11) is 0. The molecule has 0 aromatic rings. The predicted molar refractivity (Wildman–Crippen MR) is 76.4 cm³/mol. The molecule has 0 aromatic heterocycles. The van der Waals surface area contributed by atoms with Crippen molar-refractivity contribution in [1.82, 2.24) is 4.90 Å². The Balaban J connectivity index is 1.46. The van der Waals surface area contributed by atoms with Crippen LogP contribution in [0.15, 0.2) is 0 Å². The monoisotopic (exact) mass is 250 g/mol. The minimum atomic E-state index is 0.887. The van der Waals surface area contributed by atoms with E-state index in [2.05, 4.69) is 4.90 Å². The van der Waals surface area contributed by atoms with E-state index in [0.29, 0.717) is 0 Å². The van der Waals surface area contributed by atoms with Crippen molar-refractivity contribution in [2.45, 2.75) is 63.8 Å². The molecule has 1 heterocycles. The Kier molecular flexibility index (Phi) is 4.25. The summed E-state index contributed by atoms with van der Waals surface area (Å²) in [6.07, 6.45) is 13.2. The Labute approximate surface area is 112 Å². The SMILES string of the molecule is NCCC1CCN(C2CCCC(C3CC3)C2)CC1. The Morgan fingerprint density at radius 2 is 1.67 bits per heavy atom. The van der Waals surface area contributed by atoms with Crippen LogP contribution in [0.3, 0.4) is 0 Å². The molecule has 0 radical (unpaired) electrons. The summed E-state index contributed by atoms with van der Waals surface area (Å²) in [5.41, 5.74) is 5.68. The predicted octanol–water partition coefficient (Wildman–Crippen LogP) is 3.02. The summed E-state index contributed by atoms with van der Waals surface area (Å²) in [5, 5.41) is 0. The van der Waals surface area contributed by atoms with E-state index < -0.39 is 0 Å². The molecule has 1 aliphatic heterocycles. The second kappa shape index (κ2) is 5.92. The van der Waals surface area contributed by atoms with Gasteiger partial charge in [0.15, 0.2) is 0 Å². The van der Waals surface area contributed by atoms with Crippen molar-refractivity contribution in [2.24, 2.45) is 23.5 Å². The quantitative estimate of drug-likeness (QED) is 0.831. The van der Waals surface area contributed by atoms with Gasteiger partial charge >= 0.3 is 0 Å². The molecular weight excluding hydrogens is 220 g/mol. The number of hydrogen-bond acceptors (Lipinski definition) is 2. The molecule has 104 valence electrons. The minimum Gasteiger partial charge on any atom is -0.330 e. The molecule has 2 unspecified atom stereocenters. The van der Waals surface area contributed by atoms with E-state index in [-0.39, 0.29) is 0 Å². The number of nitrogens with two attached hydrogens (primary N) is 1. The van der Waals surface area contributed by atoms with Crippen LogP contribution in [-0.4, -0.2) is 30.6 Å². The zero-order chi connectivity index (χ0) is 12.4. The van der Waals surface area contributed by atoms with E-state index in [0.717, 1.165) is 30.3 Å². The van der Waals surface area contributed by atoms with Crippen LogP contribution in [0, 0.1) is 17.8 Å². The molecule has 2 atom stereocenters. The highest BCUT2D eigenvalue weighted by molar-refractivity contribution is 4.90. The smallest absolute Gasteiger partial charge is 0.00980 e. The van der Waals surface area contributed by atoms with Gasteiger partial charge in [0.05, 0.1) is 0 Å². The number of piperidine rings is 1. The lowest BCUT2D eigenvalue weighted by molar-refractivity contribution is 0.0838. The maximum Gasteiger partial charge on any atom is 0.00980 e. The van der Waals surface area contributed by atoms with Crippen molar-refractivity contribution in [2.75, 3.05) is 19.6 Å². The second-order valence-corrected chi connectivity index (χ2v) is 6.97. The maximum absolute atomic E-state index is 5.68. The first-order valence-corrected chi connectivity index (χ1v) is 8.31. The van der Waals surface area contributed by atoms with Crippen LogP contribution in [0.5, 0.6) is 0 Å². The molecule has 2 nitrogen and oxygen atoms in total. The van der Waals surface area contributed by atoms with Crippen LogP contribution in [0.4, 0.5) is 0 Å². The van der Waals surface area contributed by atoms with Gasteiger partial charge in [-0.2, -0.15) is 0 Å².